The maximum Gasteiger partial charge on any atom is 0.306 e. The van der Waals surface area contributed by atoms with Gasteiger partial charge >= 0.3 is 5.97 Å². The first-order valence-electron chi connectivity index (χ1n) is 9.29. The number of rotatable bonds is 8. The molecule has 0 saturated heterocycles. The number of carbonyl (C=O) groups excluding carboxylic acids is 3. The van der Waals surface area contributed by atoms with E-state index in [9.17, 15) is 14.4 Å². The average Bonchev–Trinajstić information content (AvgIpc) is 3.15. The summed E-state index contributed by atoms with van der Waals surface area (Å²) >= 11 is 5.79. The number of ether oxygens (including phenoxy) is 1. The Morgan fingerprint density at radius 1 is 1.10 bits per heavy atom. The van der Waals surface area contributed by atoms with Crippen molar-refractivity contribution in [2.75, 3.05) is 6.54 Å². The minimum Gasteiger partial charge on any atom is -0.454 e. The Hall–Kier alpha value is -3.12. The normalized spacial score (nSPS) is 11.8. The van der Waals surface area contributed by atoms with Crippen LogP contribution in [0.15, 0.2) is 54.7 Å². The first-order valence-corrected chi connectivity index (χ1v) is 9.67. The molecule has 0 aliphatic carbocycles. The van der Waals surface area contributed by atoms with E-state index in [0.717, 1.165) is 10.9 Å². The fraction of sp³-hybridized carbons (Fsp3) is 0.227. The predicted octanol–water partition coefficient (Wildman–Crippen LogP) is 4.15. The zero-order chi connectivity index (χ0) is 20.8. The SMILES string of the molecule is CC(OC(=O)CCCNC(=O)c1ccc(Cl)cc1)C(=O)c1c[nH]c2ccccc12. The molecule has 6 nitrogen and oxygen atoms in total. The Morgan fingerprint density at radius 3 is 2.59 bits per heavy atom. The number of fused-ring (bicyclic) bond motifs is 1. The van der Waals surface area contributed by atoms with Crippen LogP contribution < -0.4 is 5.32 Å². The minimum atomic E-state index is -0.884. The van der Waals surface area contributed by atoms with E-state index in [0.29, 0.717) is 29.1 Å². The number of para-hydroxylation sites is 1. The summed E-state index contributed by atoms with van der Waals surface area (Å²) in [7, 11) is 0. The third-order valence-electron chi connectivity index (χ3n) is 4.48. The number of hydrogen-bond acceptors (Lipinski definition) is 4. The molecule has 7 heteroatoms. The molecule has 150 valence electrons. The minimum absolute atomic E-state index is 0.104. The number of benzene rings is 2. The number of hydrogen-bond donors (Lipinski definition) is 2. The topological polar surface area (TPSA) is 88.3 Å². The molecule has 1 amide bonds. The molecule has 0 bridgehead atoms. The van der Waals surface area contributed by atoms with Crippen LogP contribution in [0.4, 0.5) is 0 Å². The highest BCUT2D eigenvalue weighted by atomic mass is 35.5. The molecule has 2 aromatic carbocycles. The van der Waals surface area contributed by atoms with Gasteiger partial charge in [-0.25, -0.2) is 0 Å². The van der Waals surface area contributed by atoms with Gasteiger partial charge in [0.1, 0.15) is 0 Å². The summed E-state index contributed by atoms with van der Waals surface area (Å²) in [5, 5.41) is 4.08. The first kappa shape index (κ1) is 20.6. The molecule has 2 N–H and O–H groups in total. The molecular formula is C22H21ClN2O4. The summed E-state index contributed by atoms with van der Waals surface area (Å²) < 4.78 is 5.26. The van der Waals surface area contributed by atoms with Crippen LogP contribution in [0.1, 0.15) is 40.5 Å². The van der Waals surface area contributed by atoms with Gasteiger partial charge in [0.15, 0.2) is 6.10 Å². The van der Waals surface area contributed by atoms with Gasteiger partial charge < -0.3 is 15.0 Å². The lowest BCUT2D eigenvalue weighted by Gasteiger charge is -2.12. The molecule has 0 saturated carbocycles. The highest BCUT2D eigenvalue weighted by molar-refractivity contribution is 6.30. The molecule has 1 heterocycles. The molecule has 0 radical (unpaired) electrons. The van der Waals surface area contributed by atoms with Gasteiger partial charge in [-0.15, -0.1) is 0 Å². The number of aromatic nitrogens is 1. The van der Waals surface area contributed by atoms with Crippen molar-refractivity contribution in [3.63, 3.8) is 0 Å². The fourth-order valence-corrected chi connectivity index (χ4v) is 3.07. The van der Waals surface area contributed by atoms with E-state index in [1.807, 2.05) is 24.3 Å². The number of aromatic amines is 1. The number of carbonyl (C=O) groups is 3. The van der Waals surface area contributed by atoms with Gasteiger partial charge in [0.2, 0.25) is 5.78 Å². The molecule has 0 fully saturated rings. The maximum atomic E-state index is 12.6. The van der Waals surface area contributed by atoms with Crippen LogP contribution in [0.25, 0.3) is 10.9 Å². The molecule has 1 unspecified atom stereocenters. The number of ketones is 1. The Kier molecular flexibility index (Phi) is 6.67. The Bertz CT molecular complexity index is 1030. The average molecular weight is 413 g/mol. The highest BCUT2D eigenvalue weighted by Gasteiger charge is 2.22. The molecule has 1 atom stereocenters. The first-order chi connectivity index (χ1) is 14.0. The summed E-state index contributed by atoms with van der Waals surface area (Å²) in [6.45, 7) is 1.88. The zero-order valence-corrected chi connectivity index (χ0v) is 16.7. The second-order valence-corrected chi connectivity index (χ2v) is 7.05. The van der Waals surface area contributed by atoms with E-state index in [2.05, 4.69) is 10.3 Å². The quantitative estimate of drug-likeness (QED) is 0.330. The van der Waals surface area contributed by atoms with Gasteiger partial charge in [0, 0.05) is 46.2 Å². The third-order valence-corrected chi connectivity index (χ3v) is 4.73. The lowest BCUT2D eigenvalue weighted by Crippen LogP contribution is -2.27. The van der Waals surface area contributed by atoms with Crippen LogP contribution in [0, 0.1) is 0 Å². The van der Waals surface area contributed by atoms with Gasteiger partial charge in [0.05, 0.1) is 0 Å². The predicted molar refractivity (Wildman–Crippen MR) is 111 cm³/mol. The lowest BCUT2D eigenvalue weighted by molar-refractivity contribution is -0.146. The van der Waals surface area contributed by atoms with Crippen molar-refractivity contribution in [1.29, 1.82) is 0 Å². The van der Waals surface area contributed by atoms with Crippen molar-refractivity contribution in [2.45, 2.75) is 25.9 Å². The molecule has 0 aliphatic rings. The summed E-state index contributed by atoms with van der Waals surface area (Å²) in [6.07, 6.45) is 1.26. The van der Waals surface area contributed by atoms with Crippen molar-refractivity contribution in [2.24, 2.45) is 0 Å². The van der Waals surface area contributed by atoms with E-state index in [-0.39, 0.29) is 18.1 Å². The second-order valence-electron chi connectivity index (χ2n) is 6.61. The highest BCUT2D eigenvalue weighted by Crippen LogP contribution is 2.20. The number of nitrogens with one attached hydrogen (secondary N) is 2. The van der Waals surface area contributed by atoms with Gasteiger partial charge in [-0.1, -0.05) is 29.8 Å². The Labute approximate surface area is 173 Å². The number of amides is 1. The van der Waals surface area contributed by atoms with Crippen LogP contribution in [0.2, 0.25) is 5.02 Å². The standard InChI is InChI=1S/C22H21ClN2O4/c1-14(21(27)18-13-25-19-6-3-2-5-17(18)19)29-20(26)7-4-12-24-22(28)15-8-10-16(23)11-9-15/h2-3,5-6,8-11,13-14,25H,4,7,12H2,1H3,(H,24,28). The molecule has 3 aromatic rings. The molecule has 3 rings (SSSR count). The Balaban J connectivity index is 1.43. The summed E-state index contributed by atoms with van der Waals surface area (Å²) in [6, 6.07) is 14.0. The molecule has 0 aliphatic heterocycles. The van der Waals surface area contributed by atoms with E-state index >= 15 is 0 Å². The van der Waals surface area contributed by atoms with Crippen molar-refractivity contribution in [1.82, 2.24) is 10.3 Å². The zero-order valence-electron chi connectivity index (χ0n) is 15.9. The number of esters is 1. The fourth-order valence-electron chi connectivity index (χ4n) is 2.94. The summed E-state index contributed by atoms with van der Waals surface area (Å²) in [4.78, 5) is 39.7. The van der Waals surface area contributed by atoms with Crippen LogP contribution in [-0.4, -0.2) is 35.3 Å². The smallest absolute Gasteiger partial charge is 0.306 e. The van der Waals surface area contributed by atoms with E-state index in [1.165, 1.54) is 0 Å². The summed E-state index contributed by atoms with van der Waals surface area (Å²) in [5.41, 5.74) is 1.84. The largest absolute Gasteiger partial charge is 0.454 e. The van der Waals surface area contributed by atoms with Crippen LogP contribution >= 0.6 is 11.6 Å². The molecule has 0 spiro atoms. The molecular weight excluding hydrogens is 392 g/mol. The van der Waals surface area contributed by atoms with E-state index in [1.54, 1.807) is 37.4 Å². The van der Waals surface area contributed by atoms with Gasteiger partial charge in [-0.3, -0.25) is 14.4 Å². The van der Waals surface area contributed by atoms with Crippen molar-refractivity contribution in [3.05, 3.63) is 70.9 Å². The van der Waals surface area contributed by atoms with Crippen molar-refractivity contribution >= 4 is 40.2 Å². The van der Waals surface area contributed by atoms with Crippen LogP contribution in [0.3, 0.4) is 0 Å². The summed E-state index contributed by atoms with van der Waals surface area (Å²) in [5.74, 6) is -0.976. The maximum absolute atomic E-state index is 12.6. The molecule has 1 aromatic heterocycles. The monoisotopic (exact) mass is 412 g/mol. The lowest BCUT2D eigenvalue weighted by atomic mass is 10.1. The van der Waals surface area contributed by atoms with E-state index < -0.39 is 12.1 Å². The number of Topliss-reactive ketones (excluding diaryl/α,β-unsaturated/α-hetero) is 1. The van der Waals surface area contributed by atoms with Gasteiger partial charge in [-0.2, -0.15) is 0 Å². The second kappa shape index (κ2) is 9.39. The van der Waals surface area contributed by atoms with E-state index in [4.69, 9.17) is 16.3 Å². The van der Waals surface area contributed by atoms with Crippen molar-refractivity contribution in [3.8, 4) is 0 Å². The van der Waals surface area contributed by atoms with Crippen molar-refractivity contribution < 1.29 is 19.1 Å². The van der Waals surface area contributed by atoms with Gasteiger partial charge in [0.25, 0.3) is 5.91 Å². The van der Waals surface area contributed by atoms with Crippen LogP contribution in [0.5, 0.6) is 0 Å². The Morgan fingerprint density at radius 2 is 1.83 bits per heavy atom. The number of halogens is 1. The van der Waals surface area contributed by atoms with Gasteiger partial charge in [-0.05, 0) is 43.7 Å². The number of H-pyrrole nitrogens is 1. The third kappa shape index (κ3) is 5.23. The van der Waals surface area contributed by atoms with Crippen LogP contribution in [-0.2, 0) is 9.53 Å². The molecule has 29 heavy (non-hydrogen) atoms.